The molecule has 26 heavy (non-hydrogen) atoms. The zero-order chi connectivity index (χ0) is 18.2. The third kappa shape index (κ3) is 4.57. The van der Waals surface area contributed by atoms with Crippen LogP contribution in [0.5, 0.6) is 0 Å². The molecule has 1 atom stereocenters. The van der Waals surface area contributed by atoms with E-state index in [9.17, 15) is 9.59 Å². The average molecular weight is 350 g/mol. The van der Waals surface area contributed by atoms with Crippen molar-refractivity contribution in [3.63, 3.8) is 0 Å². The van der Waals surface area contributed by atoms with Gasteiger partial charge in [0.05, 0.1) is 6.26 Å². The number of nitrogens with one attached hydrogen (secondary N) is 1. The molecule has 0 radical (unpaired) electrons. The van der Waals surface area contributed by atoms with Gasteiger partial charge in [0.2, 0.25) is 11.9 Å². The van der Waals surface area contributed by atoms with E-state index in [2.05, 4.69) is 10.3 Å². The molecule has 6 heteroatoms. The maximum absolute atomic E-state index is 12.6. The van der Waals surface area contributed by atoms with Crippen molar-refractivity contribution in [1.29, 1.82) is 0 Å². The predicted molar refractivity (Wildman–Crippen MR) is 94.3 cm³/mol. The Morgan fingerprint density at radius 2 is 1.81 bits per heavy atom. The van der Waals surface area contributed by atoms with Crippen LogP contribution in [0.25, 0.3) is 0 Å². The van der Waals surface area contributed by atoms with Gasteiger partial charge in [0.25, 0.3) is 5.91 Å². The molecule has 0 saturated carbocycles. The van der Waals surface area contributed by atoms with E-state index in [1.54, 1.807) is 30.6 Å². The van der Waals surface area contributed by atoms with Crippen LogP contribution in [0.3, 0.4) is 0 Å². The Balaban J connectivity index is 1.66. The highest BCUT2D eigenvalue weighted by molar-refractivity contribution is 5.90. The van der Waals surface area contributed by atoms with Gasteiger partial charge in [0, 0.05) is 24.5 Å². The summed E-state index contributed by atoms with van der Waals surface area (Å²) >= 11 is 0. The second-order valence-electron chi connectivity index (χ2n) is 5.57. The SMILES string of the molecule is O=C(OC(C(=O)NCCc1ccccc1)c1ccncc1)c1ccco1. The van der Waals surface area contributed by atoms with Crippen LogP contribution in [0.15, 0.2) is 77.7 Å². The number of esters is 1. The second kappa shape index (κ2) is 8.62. The fourth-order valence-electron chi connectivity index (χ4n) is 2.44. The number of rotatable bonds is 7. The first-order chi connectivity index (χ1) is 12.7. The van der Waals surface area contributed by atoms with Crippen molar-refractivity contribution in [2.24, 2.45) is 0 Å². The molecule has 1 N–H and O–H groups in total. The Kier molecular flexibility index (Phi) is 5.77. The minimum atomic E-state index is -1.08. The molecule has 3 aromatic rings. The predicted octanol–water partition coefficient (Wildman–Crippen LogP) is 2.93. The van der Waals surface area contributed by atoms with Crippen molar-refractivity contribution >= 4 is 11.9 Å². The number of hydrogen-bond acceptors (Lipinski definition) is 5. The van der Waals surface area contributed by atoms with Crippen LogP contribution in [0, 0.1) is 0 Å². The van der Waals surface area contributed by atoms with Crippen molar-refractivity contribution in [3.05, 3.63) is 90.1 Å². The molecule has 1 aromatic carbocycles. The number of carbonyl (C=O) groups is 2. The largest absolute Gasteiger partial charge is 0.457 e. The number of carbonyl (C=O) groups excluding carboxylic acids is 2. The van der Waals surface area contributed by atoms with Gasteiger partial charge < -0.3 is 14.5 Å². The number of benzene rings is 1. The maximum atomic E-state index is 12.6. The molecule has 0 aliphatic rings. The van der Waals surface area contributed by atoms with Crippen molar-refractivity contribution < 1.29 is 18.7 Å². The Hall–Kier alpha value is -3.41. The second-order valence-corrected chi connectivity index (χ2v) is 5.57. The first kappa shape index (κ1) is 17.4. The van der Waals surface area contributed by atoms with E-state index >= 15 is 0 Å². The molecule has 1 unspecified atom stereocenters. The number of ether oxygens (including phenoxy) is 1. The quantitative estimate of drug-likeness (QED) is 0.663. The molecule has 6 nitrogen and oxygen atoms in total. The molecule has 0 bridgehead atoms. The molecule has 0 fully saturated rings. The minimum absolute atomic E-state index is 0.0427. The smallest absolute Gasteiger partial charge is 0.375 e. The lowest BCUT2D eigenvalue weighted by atomic mass is 10.1. The van der Waals surface area contributed by atoms with Gasteiger partial charge >= 0.3 is 5.97 Å². The van der Waals surface area contributed by atoms with Gasteiger partial charge in [-0.1, -0.05) is 30.3 Å². The third-order valence-corrected chi connectivity index (χ3v) is 3.75. The molecule has 0 spiro atoms. The molecular formula is C20H18N2O4. The highest BCUT2D eigenvalue weighted by Gasteiger charge is 2.26. The lowest BCUT2D eigenvalue weighted by Gasteiger charge is -2.17. The first-order valence-electron chi connectivity index (χ1n) is 8.20. The van der Waals surface area contributed by atoms with Crippen LogP contribution in [-0.4, -0.2) is 23.4 Å². The van der Waals surface area contributed by atoms with Gasteiger partial charge in [-0.15, -0.1) is 0 Å². The van der Waals surface area contributed by atoms with E-state index < -0.39 is 18.0 Å². The monoisotopic (exact) mass is 350 g/mol. The summed E-state index contributed by atoms with van der Waals surface area (Å²) in [6.07, 6.45) is 4.06. The van der Waals surface area contributed by atoms with Crippen LogP contribution in [0.4, 0.5) is 0 Å². The Bertz CT molecular complexity index is 833. The summed E-state index contributed by atoms with van der Waals surface area (Å²) in [6.45, 7) is 0.433. The van der Waals surface area contributed by atoms with Gasteiger partial charge in [-0.25, -0.2) is 4.79 Å². The van der Waals surface area contributed by atoms with E-state index in [0.717, 1.165) is 5.56 Å². The highest BCUT2D eigenvalue weighted by Crippen LogP contribution is 2.19. The standard InChI is InChI=1S/C20H18N2O4/c23-19(22-13-8-15-5-2-1-3-6-15)18(16-9-11-21-12-10-16)26-20(24)17-7-4-14-25-17/h1-7,9-12,14,18H,8,13H2,(H,22,23). The van der Waals surface area contributed by atoms with E-state index in [1.165, 1.54) is 12.3 Å². The van der Waals surface area contributed by atoms with Gasteiger partial charge in [-0.05, 0) is 36.2 Å². The molecule has 0 aliphatic carbocycles. The van der Waals surface area contributed by atoms with Crippen LogP contribution < -0.4 is 5.32 Å². The molecule has 3 rings (SSSR count). The topological polar surface area (TPSA) is 81.4 Å². The summed E-state index contributed by atoms with van der Waals surface area (Å²) < 4.78 is 10.4. The zero-order valence-corrected chi connectivity index (χ0v) is 14.0. The van der Waals surface area contributed by atoms with E-state index in [4.69, 9.17) is 9.15 Å². The highest BCUT2D eigenvalue weighted by atomic mass is 16.6. The fraction of sp³-hybridized carbons (Fsp3) is 0.150. The van der Waals surface area contributed by atoms with Crippen LogP contribution >= 0.6 is 0 Å². The van der Waals surface area contributed by atoms with Crippen LogP contribution in [0.2, 0.25) is 0 Å². The van der Waals surface area contributed by atoms with E-state index in [1.807, 2.05) is 30.3 Å². The normalized spacial score (nSPS) is 11.5. The Morgan fingerprint density at radius 3 is 2.50 bits per heavy atom. The third-order valence-electron chi connectivity index (χ3n) is 3.75. The van der Waals surface area contributed by atoms with Crippen LogP contribution in [0.1, 0.15) is 27.8 Å². The maximum Gasteiger partial charge on any atom is 0.375 e. The van der Waals surface area contributed by atoms with E-state index in [-0.39, 0.29) is 5.76 Å². The lowest BCUT2D eigenvalue weighted by Crippen LogP contribution is -2.33. The summed E-state index contributed by atoms with van der Waals surface area (Å²) in [5.41, 5.74) is 1.65. The molecule has 1 amide bonds. The molecular weight excluding hydrogens is 332 g/mol. The fourth-order valence-corrected chi connectivity index (χ4v) is 2.44. The summed E-state index contributed by atoms with van der Waals surface area (Å²) in [5, 5.41) is 2.81. The number of aromatic nitrogens is 1. The molecule has 0 aliphatic heterocycles. The summed E-state index contributed by atoms with van der Waals surface area (Å²) in [7, 11) is 0. The van der Waals surface area contributed by atoms with Gasteiger partial charge in [-0.3, -0.25) is 9.78 Å². The first-order valence-corrected chi connectivity index (χ1v) is 8.20. The summed E-state index contributed by atoms with van der Waals surface area (Å²) in [6, 6.07) is 16.2. The number of furan rings is 1. The summed E-state index contributed by atoms with van der Waals surface area (Å²) in [4.78, 5) is 28.7. The van der Waals surface area contributed by atoms with Gasteiger partial charge in [-0.2, -0.15) is 0 Å². The Morgan fingerprint density at radius 1 is 1.04 bits per heavy atom. The van der Waals surface area contributed by atoms with Crippen molar-refractivity contribution in [2.45, 2.75) is 12.5 Å². The van der Waals surface area contributed by atoms with Crippen molar-refractivity contribution in [3.8, 4) is 0 Å². The number of amides is 1. The van der Waals surface area contributed by atoms with Gasteiger partial charge in [0.15, 0.2) is 0 Å². The zero-order valence-electron chi connectivity index (χ0n) is 14.0. The average Bonchev–Trinajstić information content (AvgIpc) is 3.22. The number of pyridine rings is 1. The van der Waals surface area contributed by atoms with E-state index in [0.29, 0.717) is 18.5 Å². The van der Waals surface area contributed by atoms with Crippen LogP contribution in [-0.2, 0) is 16.0 Å². The molecule has 0 saturated heterocycles. The lowest BCUT2D eigenvalue weighted by molar-refractivity contribution is -0.130. The summed E-state index contributed by atoms with van der Waals surface area (Å²) in [5.74, 6) is -1.05. The molecule has 132 valence electrons. The van der Waals surface area contributed by atoms with Crippen molar-refractivity contribution in [2.75, 3.05) is 6.54 Å². The molecule has 2 aromatic heterocycles. The minimum Gasteiger partial charge on any atom is -0.457 e. The molecule has 2 heterocycles. The van der Waals surface area contributed by atoms with Crippen molar-refractivity contribution in [1.82, 2.24) is 10.3 Å². The van der Waals surface area contributed by atoms with Gasteiger partial charge in [0.1, 0.15) is 0 Å². The number of nitrogens with zero attached hydrogens (tertiary/aromatic N) is 1. The number of hydrogen-bond donors (Lipinski definition) is 1. The Labute approximate surface area is 150 Å².